The molecule has 4 radical (unpaired) electrons. The first kappa shape index (κ1) is 13.4. The smallest absolute Gasteiger partial charge is 0.223 e. The minimum Gasteiger partial charge on any atom is -0.333 e. The molecule has 0 atom stereocenters. The second-order valence-electron chi connectivity index (χ2n) is 3.43. The van der Waals surface area contributed by atoms with Gasteiger partial charge in [-0.3, -0.25) is 4.79 Å². The fourth-order valence-corrected chi connectivity index (χ4v) is 1.11. The highest BCUT2D eigenvalue weighted by molar-refractivity contribution is 5.77. The summed E-state index contributed by atoms with van der Waals surface area (Å²) in [7, 11) is 4.06. The van der Waals surface area contributed by atoms with Gasteiger partial charge in [0.1, 0.15) is 0 Å². The normalized spacial score (nSPS) is 10.6. The summed E-state index contributed by atoms with van der Waals surface area (Å²) in [6.45, 7) is 11.1. The summed E-state index contributed by atoms with van der Waals surface area (Å²) in [5, 5.41) is 0. The average molecular weight is 196 g/mol. The molecule has 80 valence electrons. The summed E-state index contributed by atoms with van der Waals surface area (Å²) >= 11 is 0. The van der Waals surface area contributed by atoms with Gasteiger partial charge in [-0.15, -0.1) is 0 Å². The van der Waals surface area contributed by atoms with Crippen LogP contribution in [0.1, 0.15) is 19.3 Å². The summed E-state index contributed by atoms with van der Waals surface area (Å²) < 4.78 is 0. The van der Waals surface area contributed by atoms with Crippen LogP contribution in [-0.2, 0) is 4.79 Å². The van der Waals surface area contributed by atoms with Gasteiger partial charge in [0.2, 0.25) is 5.91 Å². The quantitative estimate of drug-likeness (QED) is 0.577. The highest BCUT2D eigenvalue weighted by atomic mass is 16.2. The molecule has 3 nitrogen and oxygen atoms in total. The van der Waals surface area contributed by atoms with Crippen LogP contribution < -0.4 is 0 Å². The van der Waals surface area contributed by atoms with Gasteiger partial charge in [0.05, 0.1) is 13.1 Å². The number of rotatable bonds is 7. The van der Waals surface area contributed by atoms with Gasteiger partial charge in [-0.2, -0.15) is 0 Å². The van der Waals surface area contributed by atoms with Gasteiger partial charge in [-0.1, -0.05) is 0 Å². The van der Waals surface area contributed by atoms with Crippen LogP contribution in [0.2, 0.25) is 0 Å². The molecule has 0 unspecified atom stereocenters. The molecular formula is C11H20N2O. The van der Waals surface area contributed by atoms with E-state index < -0.39 is 0 Å². The molecule has 0 aromatic rings. The first-order valence-corrected chi connectivity index (χ1v) is 4.82. The van der Waals surface area contributed by atoms with Crippen molar-refractivity contribution in [3.63, 3.8) is 0 Å². The molecule has 0 fully saturated rings. The SMILES string of the molecule is [CH2][CH]N([CH][CH2])C(=O)CCCCN(C)C. The Bertz CT molecular complexity index is 153. The van der Waals surface area contributed by atoms with Crippen molar-refractivity contribution in [3.05, 3.63) is 26.9 Å². The van der Waals surface area contributed by atoms with E-state index in [4.69, 9.17) is 0 Å². The Hall–Kier alpha value is -0.570. The Kier molecular flexibility index (Phi) is 7.48. The van der Waals surface area contributed by atoms with Crippen LogP contribution >= 0.6 is 0 Å². The predicted octanol–water partition coefficient (Wildman–Crippen LogP) is 1.54. The van der Waals surface area contributed by atoms with Crippen molar-refractivity contribution >= 4 is 5.91 Å². The lowest BCUT2D eigenvalue weighted by atomic mass is 10.2. The maximum absolute atomic E-state index is 11.4. The van der Waals surface area contributed by atoms with Crippen LogP contribution in [0.5, 0.6) is 0 Å². The van der Waals surface area contributed by atoms with Crippen LogP contribution in [0.3, 0.4) is 0 Å². The molecule has 0 N–H and O–H groups in total. The zero-order chi connectivity index (χ0) is 11.0. The summed E-state index contributed by atoms with van der Waals surface area (Å²) in [6.07, 6.45) is 2.52. The van der Waals surface area contributed by atoms with Crippen LogP contribution in [0.25, 0.3) is 0 Å². The zero-order valence-corrected chi connectivity index (χ0v) is 9.20. The summed E-state index contributed by atoms with van der Waals surface area (Å²) in [4.78, 5) is 15.0. The molecular weight excluding hydrogens is 176 g/mol. The van der Waals surface area contributed by atoms with Gasteiger partial charge >= 0.3 is 0 Å². The molecule has 0 bridgehead atoms. The number of hydrogen-bond donors (Lipinski definition) is 0. The highest BCUT2D eigenvalue weighted by Crippen LogP contribution is 2.04. The number of carbonyl (C=O) groups excluding carboxylic acids is 1. The monoisotopic (exact) mass is 196 g/mol. The molecule has 0 spiro atoms. The fourth-order valence-electron chi connectivity index (χ4n) is 1.11. The van der Waals surface area contributed by atoms with E-state index in [0.717, 1.165) is 19.4 Å². The van der Waals surface area contributed by atoms with Crippen molar-refractivity contribution in [3.8, 4) is 0 Å². The van der Waals surface area contributed by atoms with Crippen molar-refractivity contribution in [1.29, 1.82) is 0 Å². The third kappa shape index (κ3) is 5.97. The van der Waals surface area contributed by atoms with E-state index in [2.05, 4.69) is 18.7 Å². The highest BCUT2D eigenvalue weighted by Gasteiger charge is 2.08. The number of carbonyl (C=O) groups is 1. The topological polar surface area (TPSA) is 23.6 Å². The van der Waals surface area contributed by atoms with E-state index in [1.54, 1.807) is 0 Å². The molecule has 0 heterocycles. The van der Waals surface area contributed by atoms with E-state index in [-0.39, 0.29) is 5.91 Å². The summed E-state index contributed by atoms with van der Waals surface area (Å²) in [6, 6.07) is 0. The molecule has 0 saturated heterocycles. The third-order valence-electron chi connectivity index (χ3n) is 1.93. The Morgan fingerprint density at radius 3 is 2.21 bits per heavy atom. The summed E-state index contributed by atoms with van der Waals surface area (Å²) in [5.74, 6) is 0.0637. The molecule has 3 heteroatoms. The molecule has 0 aromatic carbocycles. The lowest BCUT2D eigenvalue weighted by molar-refractivity contribution is -0.127. The van der Waals surface area contributed by atoms with Crippen molar-refractivity contribution in [2.24, 2.45) is 0 Å². The first-order chi connectivity index (χ1) is 6.61. The first-order valence-electron chi connectivity index (χ1n) is 4.82. The Balaban J connectivity index is 3.52. The zero-order valence-electron chi connectivity index (χ0n) is 9.20. The molecule has 0 aliphatic carbocycles. The van der Waals surface area contributed by atoms with Gasteiger partial charge in [0.25, 0.3) is 0 Å². The summed E-state index contributed by atoms with van der Waals surface area (Å²) in [5.41, 5.74) is 0. The van der Waals surface area contributed by atoms with Crippen molar-refractivity contribution < 1.29 is 4.79 Å². The van der Waals surface area contributed by atoms with Crippen LogP contribution in [0, 0.1) is 26.9 Å². The van der Waals surface area contributed by atoms with E-state index in [1.807, 2.05) is 14.1 Å². The van der Waals surface area contributed by atoms with E-state index in [0.29, 0.717) is 6.42 Å². The molecule has 14 heavy (non-hydrogen) atoms. The Morgan fingerprint density at radius 1 is 1.21 bits per heavy atom. The number of hydrogen-bond acceptors (Lipinski definition) is 2. The lowest BCUT2D eigenvalue weighted by Crippen LogP contribution is -2.24. The minimum atomic E-state index is 0.0637. The van der Waals surface area contributed by atoms with E-state index in [9.17, 15) is 4.79 Å². The third-order valence-corrected chi connectivity index (χ3v) is 1.93. The molecule has 0 aliphatic rings. The maximum atomic E-state index is 11.4. The van der Waals surface area contributed by atoms with Gasteiger partial charge in [0.15, 0.2) is 0 Å². The predicted molar refractivity (Wildman–Crippen MR) is 58.6 cm³/mol. The number of nitrogens with zero attached hydrogens (tertiary/aromatic N) is 2. The molecule has 0 saturated carbocycles. The average Bonchev–Trinajstić information content (AvgIpc) is 2.14. The van der Waals surface area contributed by atoms with Crippen molar-refractivity contribution in [1.82, 2.24) is 9.80 Å². The van der Waals surface area contributed by atoms with Gasteiger partial charge in [-0.25, -0.2) is 0 Å². The van der Waals surface area contributed by atoms with Crippen molar-refractivity contribution in [2.75, 3.05) is 20.6 Å². The molecule has 0 aromatic heterocycles. The van der Waals surface area contributed by atoms with Gasteiger partial charge in [0, 0.05) is 6.42 Å². The van der Waals surface area contributed by atoms with Crippen LogP contribution in [0.15, 0.2) is 0 Å². The molecule has 1 amide bonds. The Morgan fingerprint density at radius 2 is 1.79 bits per heavy atom. The van der Waals surface area contributed by atoms with Crippen molar-refractivity contribution in [2.45, 2.75) is 19.3 Å². The second-order valence-corrected chi connectivity index (χ2v) is 3.43. The number of unbranched alkanes of at least 4 members (excludes halogenated alkanes) is 1. The lowest BCUT2D eigenvalue weighted by Gasteiger charge is -2.17. The minimum absolute atomic E-state index is 0.0637. The Labute approximate surface area is 88.1 Å². The number of amides is 1. The van der Waals surface area contributed by atoms with Crippen LogP contribution in [0.4, 0.5) is 0 Å². The molecule has 0 rings (SSSR count). The van der Waals surface area contributed by atoms with Gasteiger partial charge in [-0.05, 0) is 47.3 Å². The largest absolute Gasteiger partial charge is 0.333 e. The van der Waals surface area contributed by atoms with E-state index >= 15 is 0 Å². The maximum Gasteiger partial charge on any atom is 0.223 e. The van der Waals surface area contributed by atoms with E-state index in [1.165, 1.54) is 18.0 Å². The fraction of sp³-hybridized carbons (Fsp3) is 0.545. The standard InChI is InChI=1S/C11H20N2O/c1-5-13(6-2)11(14)9-7-8-10-12(3)4/h5-6H,1-2,7-10H2,3-4H3. The van der Waals surface area contributed by atoms with Gasteiger partial charge < -0.3 is 9.80 Å². The molecule has 0 aliphatic heterocycles. The van der Waals surface area contributed by atoms with Crippen LogP contribution in [-0.4, -0.2) is 36.3 Å². The second kappa shape index (κ2) is 7.80.